The standard InChI is InChI=1S/C42H34ClN3O9S/c43-32-23-21-27(22-24-32)25-44-46-42(56)45-37-36(55-41(50)31-19-11-4-12-20-31)35(54-40(49)30-17-9-3-10-18-30)34(53-39(48)29-15-7-2-8-16-29)33(52-37)26-51-38(47)28-13-5-1-6-14-28/h1-25,33-37H,26H2,(H2,45,46,56)/b44-25+/t33-,34-,35+,36-,37-/m1/s1. The van der Waals surface area contributed by atoms with Gasteiger partial charge in [-0.1, -0.05) is 96.5 Å². The van der Waals surface area contributed by atoms with Crippen LogP contribution in [-0.4, -0.2) is 72.5 Å². The molecule has 0 amide bonds. The molecular formula is C42H34ClN3O9S. The molecule has 0 aliphatic carbocycles. The molecule has 1 heterocycles. The van der Waals surface area contributed by atoms with Crippen LogP contribution in [0.3, 0.4) is 0 Å². The molecule has 5 aromatic rings. The van der Waals surface area contributed by atoms with Crippen LogP contribution in [0.15, 0.2) is 151 Å². The van der Waals surface area contributed by atoms with Gasteiger partial charge in [-0.25, -0.2) is 19.2 Å². The number of ether oxygens (including phenoxy) is 5. The number of carbonyl (C=O) groups is 4. The van der Waals surface area contributed by atoms with Crippen molar-refractivity contribution in [1.82, 2.24) is 10.7 Å². The second-order valence-electron chi connectivity index (χ2n) is 12.2. The fraction of sp³-hybridized carbons (Fsp3) is 0.143. The maximum atomic E-state index is 13.8. The van der Waals surface area contributed by atoms with Gasteiger partial charge in [-0.2, -0.15) is 5.10 Å². The number of benzene rings is 5. The molecule has 0 aromatic heterocycles. The Morgan fingerprint density at radius 1 is 0.607 bits per heavy atom. The second-order valence-corrected chi connectivity index (χ2v) is 13.0. The van der Waals surface area contributed by atoms with E-state index in [0.29, 0.717) is 10.6 Å². The first-order valence-electron chi connectivity index (χ1n) is 17.3. The van der Waals surface area contributed by atoms with Crippen LogP contribution in [0, 0.1) is 0 Å². The van der Waals surface area contributed by atoms with Crippen molar-refractivity contribution in [3.63, 3.8) is 0 Å². The van der Waals surface area contributed by atoms with E-state index in [1.807, 2.05) is 0 Å². The van der Waals surface area contributed by atoms with E-state index in [2.05, 4.69) is 15.8 Å². The highest BCUT2D eigenvalue weighted by atomic mass is 35.5. The highest BCUT2D eigenvalue weighted by molar-refractivity contribution is 7.80. The van der Waals surface area contributed by atoms with Gasteiger partial charge in [-0.15, -0.1) is 0 Å². The number of esters is 4. The van der Waals surface area contributed by atoms with E-state index in [1.54, 1.807) is 109 Å². The molecule has 56 heavy (non-hydrogen) atoms. The van der Waals surface area contributed by atoms with Crippen LogP contribution < -0.4 is 10.7 Å². The van der Waals surface area contributed by atoms with Crippen LogP contribution >= 0.6 is 23.8 Å². The van der Waals surface area contributed by atoms with Crippen molar-refractivity contribution >= 4 is 59.0 Å². The summed E-state index contributed by atoms with van der Waals surface area (Å²) in [7, 11) is 0. The zero-order valence-corrected chi connectivity index (χ0v) is 31.0. The molecule has 14 heteroatoms. The Kier molecular flexibility index (Phi) is 13.5. The number of halogens is 1. The van der Waals surface area contributed by atoms with E-state index in [9.17, 15) is 19.2 Å². The predicted octanol–water partition coefficient (Wildman–Crippen LogP) is 6.40. The second kappa shape index (κ2) is 19.3. The number of hydrogen-bond acceptors (Lipinski definition) is 11. The van der Waals surface area contributed by atoms with Gasteiger partial charge in [-0.3, -0.25) is 5.43 Å². The predicted molar refractivity (Wildman–Crippen MR) is 210 cm³/mol. The summed E-state index contributed by atoms with van der Waals surface area (Å²) < 4.78 is 30.3. The van der Waals surface area contributed by atoms with Gasteiger partial charge in [0, 0.05) is 5.02 Å². The number of hydrazone groups is 1. The van der Waals surface area contributed by atoms with E-state index in [1.165, 1.54) is 42.6 Å². The van der Waals surface area contributed by atoms with Crippen molar-refractivity contribution < 1.29 is 42.9 Å². The van der Waals surface area contributed by atoms with E-state index in [0.717, 1.165) is 0 Å². The molecule has 1 aliphatic rings. The van der Waals surface area contributed by atoms with Crippen molar-refractivity contribution in [2.24, 2.45) is 5.10 Å². The van der Waals surface area contributed by atoms with Crippen molar-refractivity contribution in [2.45, 2.75) is 30.6 Å². The van der Waals surface area contributed by atoms with Crippen LogP contribution in [0.5, 0.6) is 0 Å². The Morgan fingerprint density at radius 3 is 1.52 bits per heavy atom. The van der Waals surface area contributed by atoms with Gasteiger partial charge in [0.1, 0.15) is 12.7 Å². The van der Waals surface area contributed by atoms with Crippen LogP contribution in [0.25, 0.3) is 0 Å². The van der Waals surface area contributed by atoms with E-state index < -0.39 is 61.1 Å². The monoisotopic (exact) mass is 791 g/mol. The highest BCUT2D eigenvalue weighted by Gasteiger charge is 2.53. The summed E-state index contributed by atoms with van der Waals surface area (Å²) in [5.41, 5.74) is 4.15. The maximum Gasteiger partial charge on any atom is 0.338 e. The number of nitrogens with one attached hydrogen (secondary N) is 2. The summed E-state index contributed by atoms with van der Waals surface area (Å²) in [6, 6.07) is 39.4. The Bertz CT molecular complexity index is 2140. The van der Waals surface area contributed by atoms with Crippen molar-refractivity contribution in [3.05, 3.63) is 178 Å². The SMILES string of the molecule is O=C(OC[C@H]1O[C@@H](NC(=S)N/N=C/c2ccc(Cl)cc2)[C@H](OC(=O)c2ccccc2)[C@@H](OC(=O)c2ccccc2)[C@@H]1OC(=O)c1ccccc1)c1ccccc1. The van der Waals surface area contributed by atoms with Crippen molar-refractivity contribution in [2.75, 3.05) is 6.61 Å². The molecule has 12 nitrogen and oxygen atoms in total. The van der Waals surface area contributed by atoms with Crippen LogP contribution in [0.2, 0.25) is 5.02 Å². The zero-order chi connectivity index (χ0) is 39.3. The molecule has 6 rings (SSSR count). The van der Waals surface area contributed by atoms with Crippen LogP contribution in [-0.2, 0) is 23.7 Å². The van der Waals surface area contributed by atoms with E-state index >= 15 is 0 Å². The number of thiocarbonyl (C=S) groups is 1. The number of rotatable bonds is 12. The molecule has 5 atom stereocenters. The molecule has 0 spiro atoms. The summed E-state index contributed by atoms with van der Waals surface area (Å²) >= 11 is 11.5. The average Bonchev–Trinajstić information content (AvgIpc) is 3.23. The van der Waals surface area contributed by atoms with Crippen molar-refractivity contribution in [3.8, 4) is 0 Å². The minimum absolute atomic E-state index is 0.0890. The molecule has 1 fully saturated rings. The maximum absolute atomic E-state index is 13.8. The first kappa shape index (κ1) is 39.3. The Morgan fingerprint density at radius 2 is 1.04 bits per heavy atom. The summed E-state index contributed by atoms with van der Waals surface area (Å²) in [5.74, 6) is -3.15. The molecule has 1 saturated heterocycles. The normalized spacial score (nSPS) is 18.9. The average molecular weight is 792 g/mol. The third kappa shape index (κ3) is 10.6. The number of nitrogens with zero attached hydrogens (tertiary/aromatic N) is 1. The lowest BCUT2D eigenvalue weighted by Crippen LogP contribution is -2.66. The van der Waals surface area contributed by atoms with Crippen LogP contribution in [0.4, 0.5) is 0 Å². The minimum Gasteiger partial charge on any atom is -0.459 e. The lowest BCUT2D eigenvalue weighted by molar-refractivity contribution is -0.232. The molecule has 0 saturated carbocycles. The molecule has 0 radical (unpaired) electrons. The van der Waals surface area contributed by atoms with Gasteiger partial charge in [0.05, 0.1) is 28.5 Å². The molecule has 0 unspecified atom stereocenters. The zero-order valence-electron chi connectivity index (χ0n) is 29.4. The molecule has 284 valence electrons. The molecule has 0 bridgehead atoms. The summed E-state index contributed by atoms with van der Waals surface area (Å²) in [6.45, 7) is -0.494. The fourth-order valence-corrected chi connectivity index (χ4v) is 5.85. The van der Waals surface area contributed by atoms with E-state index in [-0.39, 0.29) is 27.4 Å². The third-order valence-corrected chi connectivity index (χ3v) is 8.76. The van der Waals surface area contributed by atoms with Gasteiger partial charge in [-0.05, 0) is 78.4 Å². The topological polar surface area (TPSA) is 151 Å². The van der Waals surface area contributed by atoms with Crippen LogP contribution in [0.1, 0.15) is 47.0 Å². The number of carbonyl (C=O) groups excluding carboxylic acids is 4. The minimum atomic E-state index is -1.56. The van der Waals surface area contributed by atoms with Gasteiger partial charge in [0.25, 0.3) is 0 Å². The molecule has 2 N–H and O–H groups in total. The van der Waals surface area contributed by atoms with Gasteiger partial charge in [0.15, 0.2) is 29.7 Å². The smallest absolute Gasteiger partial charge is 0.338 e. The van der Waals surface area contributed by atoms with Gasteiger partial charge < -0.3 is 29.0 Å². The molecule has 1 aliphatic heterocycles. The first-order chi connectivity index (χ1) is 27.2. The lowest BCUT2D eigenvalue weighted by atomic mass is 9.96. The summed E-state index contributed by atoms with van der Waals surface area (Å²) in [5, 5.41) is 7.56. The largest absolute Gasteiger partial charge is 0.459 e. The Labute approximate surface area is 332 Å². The number of hydrogen-bond donors (Lipinski definition) is 2. The molecular weight excluding hydrogens is 758 g/mol. The summed E-state index contributed by atoms with van der Waals surface area (Å²) in [6.07, 6.45) is -5.80. The van der Waals surface area contributed by atoms with E-state index in [4.69, 9.17) is 47.5 Å². The lowest BCUT2D eigenvalue weighted by Gasteiger charge is -2.44. The quantitative estimate of drug-likeness (QED) is 0.0474. The van der Waals surface area contributed by atoms with Gasteiger partial charge >= 0.3 is 23.9 Å². The Hall–Kier alpha value is -6.41. The third-order valence-electron chi connectivity index (χ3n) is 8.30. The summed E-state index contributed by atoms with van der Waals surface area (Å²) in [4.78, 5) is 54.3. The van der Waals surface area contributed by atoms with Crippen molar-refractivity contribution in [1.29, 1.82) is 0 Å². The molecule has 5 aromatic carbocycles. The first-order valence-corrected chi connectivity index (χ1v) is 18.0. The fourth-order valence-electron chi connectivity index (χ4n) is 5.56. The highest BCUT2D eigenvalue weighted by Crippen LogP contribution is 2.30. The Balaban J connectivity index is 1.37. The van der Waals surface area contributed by atoms with Gasteiger partial charge in [0.2, 0.25) is 0 Å².